The fraction of sp³-hybridized carbons (Fsp3) is 0.533. The maximum absolute atomic E-state index is 12.1. The van der Waals surface area contributed by atoms with E-state index in [2.05, 4.69) is 0 Å². The Bertz CT molecular complexity index is 459. The van der Waals surface area contributed by atoms with Crippen LogP contribution in [0.3, 0.4) is 0 Å². The third kappa shape index (κ3) is 4.91. The third-order valence-electron chi connectivity index (χ3n) is 3.46. The van der Waals surface area contributed by atoms with Crippen LogP contribution in [0.15, 0.2) is 24.3 Å². The van der Waals surface area contributed by atoms with Gasteiger partial charge in [-0.2, -0.15) is 0 Å². The summed E-state index contributed by atoms with van der Waals surface area (Å²) in [5, 5.41) is 8.72. The number of carbonyl (C=O) groups is 1. The van der Waals surface area contributed by atoms with Crippen LogP contribution >= 0.6 is 0 Å². The molecule has 0 atom stereocenters. The van der Waals surface area contributed by atoms with E-state index in [4.69, 9.17) is 20.3 Å². The molecular weight excluding hydrogens is 272 g/mol. The summed E-state index contributed by atoms with van der Waals surface area (Å²) < 4.78 is 10.9. The van der Waals surface area contributed by atoms with E-state index in [1.54, 1.807) is 29.2 Å². The van der Waals surface area contributed by atoms with Gasteiger partial charge in [-0.15, -0.1) is 0 Å². The smallest absolute Gasteiger partial charge is 0.260 e. The standard InChI is InChI=1S/C15H22N2O4/c16-12-2-1-3-14(10-12)21-11-15(19)17-6-4-13(5-7-17)20-9-8-18/h1-3,10,13,18H,4-9,11,16H2. The number of aliphatic hydroxyl groups excluding tert-OH is 1. The molecule has 1 aromatic carbocycles. The number of nitrogens with zero attached hydrogens (tertiary/aromatic N) is 1. The molecule has 1 fully saturated rings. The number of likely N-dealkylation sites (tertiary alicyclic amines) is 1. The van der Waals surface area contributed by atoms with Gasteiger partial charge in [-0.25, -0.2) is 0 Å². The summed E-state index contributed by atoms with van der Waals surface area (Å²) in [6.45, 7) is 1.74. The Morgan fingerprint density at radius 1 is 1.38 bits per heavy atom. The highest BCUT2D eigenvalue weighted by Gasteiger charge is 2.23. The predicted octanol–water partition coefficient (Wildman–Crippen LogP) is 0.647. The molecule has 0 saturated carbocycles. The molecule has 0 radical (unpaired) electrons. The van der Waals surface area contributed by atoms with Gasteiger partial charge in [-0.3, -0.25) is 4.79 Å². The Hall–Kier alpha value is -1.79. The van der Waals surface area contributed by atoms with Gasteiger partial charge in [0.2, 0.25) is 0 Å². The van der Waals surface area contributed by atoms with Crippen molar-refractivity contribution in [2.24, 2.45) is 0 Å². The maximum atomic E-state index is 12.1. The summed E-state index contributed by atoms with van der Waals surface area (Å²) >= 11 is 0. The molecule has 0 aliphatic carbocycles. The Morgan fingerprint density at radius 3 is 2.81 bits per heavy atom. The Labute approximate surface area is 124 Å². The number of benzene rings is 1. The molecule has 1 aliphatic rings. The summed E-state index contributed by atoms with van der Waals surface area (Å²) in [4.78, 5) is 13.8. The largest absolute Gasteiger partial charge is 0.484 e. The van der Waals surface area contributed by atoms with Crippen molar-refractivity contribution in [2.75, 3.05) is 38.6 Å². The lowest BCUT2D eigenvalue weighted by atomic mass is 10.1. The Balaban J connectivity index is 1.72. The number of nitrogens with two attached hydrogens (primary N) is 1. The lowest BCUT2D eigenvalue weighted by Gasteiger charge is -2.31. The monoisotopic (exact) mass is 294 g/mol. The van der Waals surface area contributed by atoms with E-state index in [0.717, 1.165) is 12.8 Å². The van der Waals surface area contributed by atoms with Crippen LogP contribution in [0.25, 0.3) is 0 Å². The molecule has 6 nitrogen and oxygen atoms in total. The fourth-order valence-electron chi connectivity index (χ4n) is 2.33. The number of hydrogen-bond donors (Lipinski definition) is 2. The van der Waals surface area contributed by atoms with Crippen molar-refractivity contribution in [2.45, 2.75) is 18.9 Å². The Kier molecular flexibility index (Phi) is 5.83. The van der Waals surface area contributed by atoms with Crippen molar-refractivity contribution in [3.63, 3.8) is 0 Å². The molecule has 0 bridgehead atoms. The molecule has 1 aliphatic heterocycles. The van der Waals surface area contributed by atoms with Gasteiger partial charge >= 0.3 is 0 Å². The summed E-state index contributed by atoms with van der Waals surface area (Å²) in [5.74, 6) is 0.572. The molecular formula is C15H22N2O4. The second-order valence-electron chi connectivity index (χ2n) is 5.04. The third-order valence-corrected chi connectivity index (χ3v) is 3.46. The number of anilines is 1. The van der Waals surface area contributed by atoms with Crippen molar-refractivity contribution in [3.8, 4) is 5.75 Å². The lowest BCUT2D eigenvalue weighted by Crippen LogP contribution is -2.43. The van der Waals surface area contributed by atoms with E-state index in [1.165, 1.54) is 0 Å². The first-order chi connectivity index (χ1) is 10.2. The second-order valence-corrected chi connectivity index (χ2v) is 5.04. The van der Waals surface area contributed by atoms with E-state index in [0.29, 0.717) is 31.1 Å². The van der Waals surface area contributed by atoms with Crippen molar-refractivity contribution in [1.82, 2.24) is 4.90 Å². The van der Waals surface area contributed by atoms with Crippen LogP contribution in [0.4, 0.5) is 5.69 Å². The molecule has 2 rings (SSSR count). The van der Waals surface area contributed by atoms with Gasteiger partial charge in [-0.05, 0) is 25.0 Å². The highest BCUT2D eigenvalue weighted by molar-refractivity contribution is 5.77. The van der Waals surface area contributed by atoms with Crippen LogP contribution < -0.4 is 10.5 Å². The number of nitrogen functional groups attached to an aromatic ring is 1. The fourth-order valence-corrected chi connectivity index (χ4v) is 2.33. The number of piperidine rings is 1. The van der Waals surface area contributed by atoms with E-state index >= 15 is 0 Å². The van der Waals surface area contributed by atoms with Crippen LogP contribution in [-0.4, -0.2) is 54.9 Å². The normalized spacial score (nSPS) is 16.0. The van der Waals surface area contributed by atoms with Gasteiger partial charge in [0.15, 0.2) is 6.61 Å². The molecule has 0 spiro atoms. The minimum Gasteiger partial charge on any atom is -0.484 e. The molecule has 0 aromatic heterocycles. The number of ether oxygens (including phenoxy) is 2. The van der Waals surface area contributed by atoms with E-state index in [1.807, 2.05) is 0 Å². The lowest BCUT2D eigenvalue weighted by molar-refractivity contribution is -0.136. The van der Waals surface area contributed by atoms with Crippen LogP contribution in [0.5, 0.6) is 5.75 Å². The molecule has 0 unspecified atom stereocenters. The Morgan fingerprint density at radius 2 is 2.14 bits per heavy atom. The van der Waals surface area contributed by atoms with Crippen molar-refractivity contribution < 1.29 is 19.4 Å². The average molecular weight is 294 g/mol. The molecule has 21 heavy (non-hydrogen) atoms. The molecule has 1 amide bonds. The predicted molar refractivity (Wildman–Crippen MR) is 79.0 cm³/mol. The van der Waals surface area contributed by atoms with Crippen molar-refractivity contribution >= 4 is 11.6 Å². The first-order valence-electron chi connectivity index (χ1n) is 7.17. The summed E-state index contributed by atoms with van der Waals surface area (Å²) in [6.07, 6.45) is 1.73. The molecule has 116 valence electrons. The summed E-state index contributed by atoms with van der Waals surface area (Å²) in [5.41, 5.74) is 6.27. The number of hydrogen-bond acceptors (Lipinski definition) is 5. The minimum atomic E-state index is -0.0296. The zero-order chi connectivity index (χ0) is 15.1. The van der Waals surface area contributed by atoms with Crippen LogP contribution in [0, 0.1) is 0 Å². The number of aliphatic hydroxyl groups is 1. The molecule has 6 heteroatoms. The van der Waals surface area contributed by atoms with Gasteiger partial charge in [0, 0.05) is 24.8 Å². The van der Waals surface area contributed by atoms with Crippen LogP contribution in [0.1, 0.15) is 12.8 Å². The van der Waals surface area contributed by atoms with E-state index in [-0.39, 0.29) is 25.2 Å². The van der Waals surface area contributed by atoms with Gasteiger partial charge in [0.05, 0.1) is 19.3 Å². The zero-order valence-corrected chi connectivity index (χ0v) is 12.0. The van der Waals surface area contributed by atoms with Gasteiger partial charge in [0.1, 0.15) is 5.75 Å². The van der Waals surface area contributed by atoms with Gasteiger partial charge < -0.3 is 25.2 Å². The van der Waals surface area contributed by atoms with E-state index in [9.17, 15) is 4.79 Å². The summed E-state index contributed by atoms with van der Waals surface area (Å²) in [7, 11) is 0. The van der Waals surface area contributed by atoms with Crippen LogP contribution in [-0.2, 0) is 9.53 Å². The number of rotatable bonds is 6. The maximum Gasteiger partial charge on any atom is 0.260 e. The van der Waals surface area contributed by atoms with Crippen LogP contribution in [0.2, 0.25) is 0 Å². The topological polar surface area (TPSA) is 85.0 Å². The van der Waals surface area contributed by atoms with Crippen molar-refractivity contribution in [1.29, 1.82) is 0 Å². The molecule has 1 heterocycles. The average Bonchev–Trinajstić information content (AvgIpc) is 2.51. The van der Waals surface area contributed by atoms with Gasteiger partial charge in [0.25, 0.3) is 5.91 Å². The quantitative estimate of drug-likeness (QED) is 0.752. The van der Waals surface area contributed by atoms with Crippen molar-refractivity contribution in [3.05, 3.63) is 24.3 Å². The first kappa shape index (κ1) is 15.6. The molecule has 1 aromatic rings. The first-order valence-corrected chi connectivity index (χ1v) is 7.17. The molecule has 3 N–H and O–H groups in total. The van der Waals surface area contributed by atoms with E-state index < -0.39 is 0 Å². The second kappa shape index (κ2) is 7.85. The zero-order valence-electron chi connectivity index (χ0n) is 12.0. The highest BCUT2D eigenvalue weighted by atomic mass is 16.5. The SMILES string of the molecule is Nc1cccc(OCC(=O)N2CCC(OCCO)CC2)c1. The minimum absolute atomic E-state index is 0.0195. The number of carbonyl (C=O) groups excluding carboxylic acids is 1. The van der Waals surface area contributed by atoms with Gasteiger partial charge in [-0.1, -0.05) is 6.07 Å². The molecule has 1 saturated heterocycles. The summed E-state index contributed by atoms with van der Waals surface area (Å²) in [6, 6.07) is 7.03. The number of amides is 1. The highest BCUT2D eigenvalue weighted by Crippen LogP contribution is 2.16.